The maximum atomic E-state index is 12.6. The maximum Gasteiger partial charge on any atom is 0.258 e. The SMILES string of the molecule is CC(=O)Nc1ccc(NC(=O)c2c(C)[nH]c3c(Cl)cccc23)cc1. The van der Waals surface area contributed by atoms with Crippen LogP contribution in [0.5, 0.6) is 0 Å². The van der Waals surface area contributed by atoms with E-state index in [1.807, 2.05) is 19.1 Å². The lowest BCUT2D eigenvalue weighted by atomic mass is 10.1. The van der Waals surface area contributed by atoms with Crippen molar-refractivity contribution < 1.29 is 9.59 Å². The highest BCUT2D eigenvalue weighted by Gasteiger charge is 2.17. The molecule has 3 rings (SSSR count). The lowest BCUT2D eigenvalue weighted by Crippen LogP contribution is -2.13. The van der Waals surface area contributed by atoms with Crippen molar-refractivity contribution in [3.05, 3.63) is 58.7 Å². The highest BCUT2D eigenvalue weighted by atomic mass is 35.5. The van der Waals surface area contributed by atoms with Crippen LogP contribution in [0.4, 0.5) is 11.4 Å². The molecule has 2 aromatic carbocycles. The van der Waals surface area contributed by atoms with Gasteiger partial charge in [0.1, 0.15) is 0 Å². The smallest absolute Gasteiger partial charge is 0.258 e. The van der Waals surface area contributed by atoms with Crippen LogP contribution >= 0.6 is 11.6 Å². The van der Waals surface area contributed by atoms with E-state index >= 15 is 0 Å². The standard InChI is InChI=1S/C18H16ClN3O2/c1-10-16(14-4-3-5-15(19)17(14)20-10)18(24)22-13-8-6-12(7-9-13)21-11(2)23/h3-9,20H,1-2H3,(H,21,23)(H,22,24). The second-order valence-corrected chi connectivity index (χ2v) is 5.91. The summed E-state index contributed by atoms with van der Waals surface area (Å²) in [6.45, 7) is 3.28. The van der Waals surface area contributed by atoms with Crippen molar-refractivity contribution in [2.45, 2.75) is 13.8 Å². The number of amides is 2. The number of aromatic nitrogens is 1. The number of benzene rings is 2. The molecule has 0 aliphatic heterocycles. The predicted octanol–water partition coefficient (Wildman–Crippen LogP) is 4.34. The zero-order valence-corrected chi connectivity index (χ0v) is 14.0. The van der Waals surface area contributed by atoms with E-state index in [4.69, 9.17) is 11.6 Å². The summed E-state index contributed by atoms with van der Waals surface area (Å²) >= 11 is 6.17. The fourth-order valence-corrected chi connectivity index (χ4v) is 2.86. The Balaban J connectivity index is 1.86. The van der Waals surface area contributed by atoms with Crippen molar-refractivity contribution in [1.29, 1.82) is 0 Å². The number of para-hydroxylation sites is 1. The van der Waals surface area contributed by atoms with E-state index < -0.39 is 0 Å². The van der Waals surface area contributed by atoms with Gasteiger partial charge < -0.3 is 15.6 Å². The van der Waals surface area contributed by atoms with Crippen molar-refractivity contribution in [2.75, 3.05) is 10.6 Å². The first kappa shape index (κ1) is 16.1. The number of aryl methyl sites for hydroxylation is 1. The van der Waals surface area contributed by atoms with Gasteiger partial charge in [-0.1, -0.05) is 23.7 Å². The third kappa shape index (κ3) is 3.12. The first-order chi connectivity index (χ1) is 11.5. The van der Waals surface area contributed by atoms with Crippen LogP contribution in [-0.4, -0.2) is 16.8 Å². The lowest BCUT2D eigenvalue weighted by Gasteiger charge is -2.07. The van der Waals surface area contributed by atoms with Crippen LogP contribution in [0.1, 0.15) is 23.0 Å². The van der Waals surface area contributed by atoms with Crippen molar-refractivity contribution in [3.63, 3.8) is 0 Å². The molecule has 1 aromatic heterocycles. The van der Waals surface area contributed by atoms with Gasteiger partial charge in [0, 0.05) is 29.4 Å². The molecule has 1 heterocycles. The zero-order valence-electron chi connectivity index (χ0n) is 13.2. The molecule has 24 heavy (non-hydrogen) atoms. The van der Waals surface area contributed by atoms with Gasteiger partial charge in [-0.15, -0.1) is 0 Å². The minimum absolute atomic E-state index is 0.141. The van der Waals surface area contributed by atoms with Gasteiger partial charge in [0.25, 0.3) is 5.91 Å². The Bertz CT molecular complexity index is 929. The Morgan fingerprint density at radius 3 is 2.25 bits per heavy atom. The molecule has 122 valence electrons. The highest BCUT2D eigenvalue weighted by molar-refractivity contribution is 6.35. The summed E-state index contributed by atoms with van der Waals surface area (Å²) in [4.78, 5) is 26.8. The van der Waals surface area contributed by atoms with Gasteiger partial charge in [-0.25, -0.2) is 0 Å². The molecule has 0 aliphatic carbocycles. The summed E-state index contributed by atoms with van der Waals surface area (Å²) in [5.41, 5.74) is 3.40. The van der Waals surface area contributed by atoms with Crippen LogP contribution in [0, 0.1) is 6.92 Å². The van der Waals surface area contributed by atoms with Crippen molar-refractivity contribution >= 4 is 45.7 Å². The summed E-state index contributed by atoms with van der Waals surface area (Å²) in [6, 6.07) is 12.4. The van der Waals surface area contributed by atoms with E-state index in [-0.39, 0.29) is 11.8 Å². The molecule has 2 amide bonds. The van der Waals surface area contributed by atoms with E-state index in [9.17, 15) is 9.59 Å². The number of carbonyl (C=O) groups is 2. The largest absolute Gasteiger partial charge is 0.357 e. The van der Waals surface area contributed by atoms with Gasteiger partial charge in [-0.3, -0.25) is 9.59 Å². The molecule has 0 radical (unpaired) electrons. The molecule has 0 saturated heterocycles. The number of nitrogens with one attached hydrogen (secondary N) is 3. The van der Waals surface area contributed by atoms with E-state index in [0.717, 1.165) is 16.6 Å². The molecule has 3 N–H and O–H groups in total. The maximum absolute atomic E-state index is 12.6. The number of hydrogen-bond donors (Lipinski definition) is 3. The van der Waals surface area contributed by atoms with Crippen LogP contribution < -0.4 is 10.6 Å². The van der Waals surface area contributed by atoms with Crippen LogP contribution in [0.3, 0.4) is 0 Å². The number of hydrogen-bond acceptors (Lipinski definition) is 2. The molecule has 0 bridgehead atoms. The van der Waals surface area contributed by atoms with E-state index in [1.54, 1.807) is 30.3 Å². The Hall–Kier alpha value is -2.79. The fourth-order valence-electron chi connectivity index (χ4n) is 2.64. The zero-order chi connectivity index (χ0) is 17.3. The number of halogens is 1. The van der Waals surface area contributed by atoms with Crippen LogP contribution in [0.15, 0.2) is 42.5 Å². The van der Waals surface area contributed by atoms with Gasteiger partial charge in [0.15, 0.2) is 0 Å². The minimum Gasteiger partial charge on any atom is -0.357 e. The normalized spacial score (nSPS) is 10.6. The van der Waals surface area contributed by atoms with Gasteiger partial charge >= 0.3 is 0 Å². The second-order valence-electron chi connectivity index (χ2n) is 5.50. The quantitative estimate of drug-likeness (QED) is 0.663. The molecule has 5 nitrogen and oxygen atoms in total. The number of rotatable bonds is 3. The number of fused-ring (bicyclic) bond motifs is 1. The summed E-state index contributed by atoms with van der Waals surface area (Å²) in [6.07, 6.45) is 0. The average molecular weight is 342 g/mol. The molecule has 0 unspecified atom stereocenters. The van der Waals surface area contributed by atoms with E-state index in [1.165, 1.54) is 6.92 Å². The Morgan fingerprint density at radius 2 is 1.62 bits per heavy atom. The summed E-state index contributed by atoms with van der Waals surface area (Å²) in [5.74, 6) is -0.355. The monoisotopic (exact) mass is 341 g/mol. The van der Waals surface area contributed by atoms with Crippen LogP contribution in [0.2, 0.25) is 5.02 Å². The molecule has 0 spiro atoms. The van der Waals surface area contributed by atoms with Crippen molar-refractivity contribution in [3.8, 4) is 0 Å². The first-order valence-corrected chi connectivity index (χ1v) is 7.79. The summed E-state index contributed by atoms with van der Waals surface area (Å²) < 4.78 is 0. The molecule has 0 saturated carbocycles. The number of anilines is 2. The minimum atomic E-state index is -0.215. The molecular formula is C18H16ClN3O2. The topological polar surface area (TPSA) is 74.0 Å². The van der Waals surface area contributed by atoms with Gasteiger partial charge in [-0.2, -0.15) is 0 Å². The first-order valence-electron chi connectivity index (χ1n) is 7.41. The third-order valence-electron chi connectivity index (χ3n) is 3.66. The second kappa shape index (κ2) is 6.37. The molecule has 6 heteroatoms. The van der Waals surface area contributed by atoms with Crippen LogP contribution in [-0.2, 0) is 4.79 Å². The Morgan fingerprint density at radius 1 is 1.00 bits per heavy atom. The molecule has 0 aliphatic rings. The third-order valence-corrected chi connectivity index (χ3v) is 3.98. The summed E-state index contributed by atoms with van der Waals surface area (Å²) in [7, 11) is 0. The lowest BCUT2D eigenvalue weighted by molar-refractivity contribution is -0.114. The summed E-state index contributed by atoms with van der Waals surface area (Å²) in [5, 5.41) is 6.91. The predicted molar refractivity (Wildman–Crippen MR) is 96.7 cm³/mol. The van der Waals surface area contributed by atoms with Gasteiger partial charge in [0.05, 0.1) is 16.1 Å². The van der Waals surface area contributed by atoms with Crippen LogP contribution in [0.25, 0.3) is 10.9 Å². The molecule has 0 atom stereocenters. The van der Waals surface area contributed by atoms with E-state index in [2.05, 4.69) is 15.6 Å². The number of H-pyrrole nitrogens is 1. The average Bonchev–Trinajstić information content (AvgIpc) is 2.86. The van der Waals surface area contributed by atoms with Gasteiger partial charge in [-0.05, 0) is 37.3 Å². The molecular weight excluding hydrogens is 326 g/mol. The van der Waals surface area contributed by atoms with Crippen molar-refractivity contribution in [2.24, 2.45) is 0 Å². The van der Waals surface area contributed by atoms with Gasteiger partial charge in [0.2, 0.25) is 5.91 Å². The van der Waals surface area contributed by atoms with E-state index in [0.29, 0.717) is 22.0 Å². The molecule has 3 aromatic rings. The Labute approximate surface area is 144 Å². The fraction of sp³-hybridized carbons (Fsp3) is 0.111. The number of carbonyl (C=O) groups excluding carboxylic acids is 2. The van der Waals surface area contributed by atoms with Crippen molar-refractivity contribution in [1.82, 2.24) is 4.98 Å². The number of aromatic amines is 1. The highest BCUT2D eigenvalue weighted by Crippen LogP contribution is 2.28. The molecule has 0 fully saturated rings. The Kier molecular flexibility index (Phi) is 4.27.